The molecule has 4 nitrogen and oxygen atoms in total. The number of aromatic hydroxyl groups is 1. The van der Waals surface area contributed by atoms with Crippen molar-refractivity contribution in [2.24, 2.45) is 0 Å². The minimum Gasteiger partial charge on any atom is -0.507 e. The van der Waals surface area contributed by atoms with E-state index in [0.717, 1.165) is 45.1 Å². The molecule has 0 fully saturated rings. The van der Waals surface area contributed by atoms with E-state index in [0.29, 0.717) is 17.5 Å². The van der Waals surface area contributed by atoms with Gasteiger partial charge in [0.05, 0.1) is 29.1 Å². The number of rotatable bonds is 5. The van der Waals surface area contributed by atoms with Crippen molar-refractivity contribution in [1.29, 1.82) is 0 Å². The van der Waals surface area contributed by atoms with E-state index in [1.165, 1.54) is 7.11 Å². The first-order valence-corrected chi connectivity index (χ1v) is 11.1. The summed E-state index contributed by atoms with van der Waals surface area (Å²) in [6.07, 6.45) is 0.801. The Balaban J connectivity index is 1.81. The lowest BCUT2D eigenvalue weighted by molar-refractivity contribution is 0.0603. The molecule has 4 heteroatoms. The van der Waals surface area contributed by atoms with Crippen molar-refractivity contribution in [3.8, 4) is 16.9 Å². The maximum atomic E-state index is 12.6. The molecule has 0 unspecified atom stereocenters. The molecule has 0 aliphatic carbocycles. The van der Waals surface area contributed by atoms with E-state index >= 15 is 0 Å². The number of aromatic nitrogens is 1. The highest BCUT2D eigenvalue weighted by Gasteiger charge is 2.21. The number of carbonyl (C=O) groups is 1. The fourth-order valence-electron chi connectivity index (χ4n) is 4.68. The highest BCUT2D eigenvalue weighted by molar-refractivity contribution is 6.19. The van der Waals surface area contributed by atoms with E-state index in [2.05, 4.69) is 41.8 Å². The standard InChI is InChI=1S/C29H25NO3/c1-3-19-16-25-28(26(31)17-19)27-23(29(32)33-2)14-9-15-24(27)30(25)18-21-12-7-8-13-22(21)20-10-5-4-6-11-20/h4-17,31H,3,18H2,1-2H3. The Morgan fingerprint density at radius 3 is 2.39 bits per heavy atom. The SMILES string of the molecule is CCc1cc(O)c2c3c(C(=O)OC)cccc3n(Cc3ccccc3-c3ccccc3)c2c1. The number of benzene rings is 4. The van der Waals surface area contributed by atoms with Gasteiger partial charge < -0.3 is 14.4 Å². The van der Waals surface area contributed by atoms with Gasteiger partial charge in [-0.25, -0.2) is 4.79 Å². The van der Waals surface area contributed by atoms with E-state index in [1.807, 2.05) is 42.5 Å². The monoisotopic (exact) mass is 435 g/mol. The number of ether oxygens (including phenoxy) is 1. The molecule has 1 aromatic heterocycles. The van der Waals surface area contributed by atoms with Crippen LogP contribution < -0.4 is 0 Å². The van der Waals surface area contributed by atoms with Gasteiger partial charge in [0.25, 0.3) is 0 Å². The van der Waals surface area contributed by atoms with E-state index in [-0.39, 0.29) is 5.75 Å². The fourth-order valence-corrected chi connectivity index (χ4v) is 4.68. The van der Waals surface area contributed by atoms with Crippen LogP contribution >= 0.6 is 0 Å². The van der Waals surface area contributed by atoms with E-state index in [1.54, 1.807) is 12.1 Å². The third-order valence-corrected chi connectivity index (χ3v) is 6.27. The quantitative estimate of drug-likeness (QED) is 0.318. The van der Waals surface area contributed by atoms with Crippen LogP contribution in [-0.2, 0) is 17.7 Å². The Kier molecular flexibility index (Phi) is 5.35. The third-order valence-electron chi connectivity index (χ3n) is 6.27. The molecule has 0 radical (unpaired) electrons. The van der Waals surface area contributed by atoms with Gasteiger partial charge >= 0.3 is 5.97 Å². The molecular weight excluding hydrogens is 410 g/mol. The topological polar surface area (TPSA) is 51.5 Å². The first-order chi connectivity index (χ1) is 16.1. The van der Waals surface area contributed by atoms with E-state index < -0.39 is 5.97 Å². The number of esters is 1. The summed E-state index contributed by atoms with van der Waals surface area (Å²) in [7, 11) is 1.38. The summed E-state index contributed by atoms with van der Waals surface area (Å²) < 4.78 is 7.24. The van der Waals surface area contributed by atoms with Gasteiger partial charge in [-0.2, -0.15) is 0 Å². The zero-order valence-electron chi connectivity index (χ0n) is 18.7. The van der Waals surface area contributed by atoms with Gasteiger partial charge in [-0.1, -0.05) is 67.6 Å². The molecule has 5 aromatic rings. The summed E-state index contributed by atoms with van der Waals surface area (Å²) in [6, 6.07) is 28.2. The van der Waals surface area contributed by atoms with Gasteiger partial charge in [-0.15, -0.1) is 0 Å². The van der Waals surface area contributed by atoms with E-state index in [9.17, 15) is 9.90 Å². The maximum Gasteiger partial charge on any atom is 0.338 e. The highest BCUT2D eigenvalue weighted by Crippen LogP contribution is 2.39. The molecule has 1 heterocycles. The van der Waals surface area contributed by atoms with Crippen molar-refractivity contribution < 1.29 is 14.6 Å². The molecule has 4 aromatic carbocycles. The number of carbonyl (C=O) groups excluding carboxylic acids is 1. The molecule has 5 rings (SSSR count). The summed E-state index contributed by atoms with van der Waals surface area (Å²) in [5, 5.41) is 12.4. The first kappa shape index (κ1) is 20.8. The van der Waals surface area contributed by atoms with Crippen LogP contribution in [0.2, 0.25) is 0 Å². The molecule has 0 aliphatic heterocycles. The Labute approximate surface area is 192 Å². The Morgan fingerprint density at radius 2 is 1.64 bits per heavy atom. The van der Waals surface area contributed by atoms with Gasteiger partial charge in [0.1, 0.15) is 5.75 Å². The Bertz CT molecular complexity index is 1480. The average Bonchev–Trinajstić information content (AvgIpc) is 3.18. The zero-order chi connectivity index (χ0) is 22.9. The van der Waals surface area contributed by atoms with Crippen LogP contribution in [0.15, 0.2) is 84.9 Å². The summed E-state index contributed by atoms with van der Waals surface area (Å²) in [5.41, 5.74) is 6.76. The second kappa shape index (κ2) is 8.47. The van der Waals surface area contributed by atoms with Crippen LogP contribution in [-0.4, -0.2) is 22.8 Å². The van der Waals surface area contributed by atoms with Crippen molar-refractivity contribution in [1.82, 2.24) is 4.57 Å². The Morgan fingerprint density at radius 1 is 0.879 bits per heavy atom. The average molecular weight is 436 g/mol. The smallest absolute Gasteiger partial charge is 0.338 e. The third kappa shape index (κ3) is 3.54. The lowest BCUT2D eigenvalue weighted by Crippen LogP contribution is -2.03. The largest absolute Gasteiger partial charge is 0.507 e. The van der Waals surface area contributed by atoms with Crippen molar-refractivity contribution in [2.75, 3.05) is 7.11 Å². The second-order valence-corrected chi connectivity index (χ2v) is 8.16. The zero-order valence-corrected chi connectivity index (χ0v) is 18.7. The van der Waals surface area contributed by atoms with Crippen molar-refractivity contribution in [2.45, 2.75) is 19.9 Å². The number of phenols is 1. The van der Waals surface area contributed by atoms with Crippen LogP contribution in [0.5, 0.6) is 5.75 Å². The molecule has 0 saturated carbocycles. The fraction of sp³-hybridized carbons (Fsp3) is 0.138. The van der Waals surface area contributed by atoms with Crippen molar-refractivity contribution in [3.05, 3.63) is 102 Å². The minimum absolute atomic E-state index is 0.181. The number of hydrogen-bond acceptors (Lipinski definition) is 3. The predicted molar refractivity (Wildman–Crippen MR) is 133 cm³/mol. The first-order valence-electron chi connectivity index (χ1n) is 11.1. The van der Waals surface area contributed by atoms with Gasteiger partial charge in [0.15, 0.2) is 0 Å². The van der Waals surface area contributed by atoms with Crippen LogP contribution in [0.3, 0.4) is 0 Å². The van der Waals surface area contributed by atoms with Crippen LogP contribution in [0.4, 0.5) is 0 Å². The van der Waals surface area contributed by atoms with Gasteiger partial charge in [-0.3, -0.25) is 0 Å². The molecule has 0 amide bonds. The molecule has 0 bridgehead atoms. The molecule has 0 aliphatic rings. The lowest BCUT2D eigenvalue weighted by Gasteiger charge is -2.13. The summed E-state index contributed by atoms with van der Waals surface area (Å²) in [5.74, 6) is -0.232. The molecule has 0 spiro atoms. The molecule has 0 saturated heterocycles. The normalized spacial score (nSPS) is 11.2. The highest BCUT2D eigenvalue weighted by atomic mass is 16.5. The van der Waals surface area contributed by atoms with Crippen LogP contribution in [0.1, 0.15) is 28.4 Å². The number of methoxy groups -OCH3 is 1. The maximum absolute atomic E-state index is 12.6. The number of aryl methyl sites for hydroxylation is 1. The van der Waals surface area contributed by atoms with Crippen LogP contribution in [0.25, 0.3) is 32.9 Å². The van der Waals surface area contributed by atoms with Crippen LogP contribution in [0, 0.1) is 0 Å². The van der Waals surface area contributed by atoms with Crippen molar-refractivity contribution in [3.63, 3.8) is 0 Å². The van der Waals surface area contributed by atoms with Gasteiger partial charge in [-0.05, 0) is 52.9 Å². The summed E-state index contributed by atoms with van der Waals surface area (Å²) in [6.45, 7) is 2.67. The summed E-state index contributed by atoms with van der Waals surface area (Å²) in [4.78, 5) is 12.6. The molecule has 33 heavy (non-hydrogen) atoms. The Hall–Kier alpha value is -4.05. The molecular formula is C29H25NO3. The van der Waals surface area contributed by atoms with Gasteiger partial charge in [0.2, 0.25) is 0 Å². The number of phenolic OH excluding ortho intramolecular Hbond substituents is 1. The molecule has 1 N–H and O–H groups in total. The number of hydrogen-bond donors (Lipinski definition) is 1. The summed E-state index contributed by atoms with van der Waals surface area (Å²) >= 11 is 0. The number of nitrogens with zero attached hydrogens (tertiary/aromatic N) is 1. The molecule has 164 valence electrons. The van der Waals surface area contributed by atoms with Gasteiger partial charge in [0, 0.05) is 11.9 Å². The van der Waals surface area contributed by atoms with E-state index in [4.69, 9.17) is 4.74 Å². The minimum atomic E-state index is -0.414. The second-order valence-electron chi connectivity index (χ2n) is 8.16. The predicted octanol–water partition coefficient (Wildman–Crippen LogP) is 6.56. The molecule has 0 atom stereocenters. The number of fused-ring (bicyclic) bond motifs is 3. The lowest BCUT2D eigenvalue weighted by atomic mass is 9.99. The van der Waals surface area contributed by atoms with Crippen molar-refractivity contribution >= 4 is 27.8 Å².